The topological polar surface area (TPSA) is 63.2 Å². The van der Waals surface area contributed by atoms with Crippen LogP contribution in [0.2, 0.25) is 4.34 Å². The Morgan fingerprint density at radius 3 is 2.62 bits per heavy atom. The average Bonchev–Trinajstić information content (AvgIpc) is 2.83. The lowest BCUT2D eigenvalue weighted by Crippen LogP contribution is -2.44. The first-order valence-electron chi connectivity index (χ1n) is 7.14. The van der Waals surface area contributed by atoms with Crippen LogP contribution in [0.15, 0.2) is 12.1 Å². The Kier molecular flexibility index (Phi) is 5.68. The van der Waals surface area contributed by atoms with Gasteiger partial charge in [-0.2, -0.15) is 0 Å². The predicted molar refractivity (Wildman–Crippen MR) is 86.4 cm³/mol. The van der Waals surface area contributed by atoms with Crippen LogP contribution in [0.1, 0.15) is 43.9 Å². The molecule has 1 aromatic heterocycles. The van der Waals surface area contributed by atoms with Gasteiger partial charge < -0.3 is 5.32 Å². The van der Waals surface area contributed by atoms with Gasteiger partial charge in [0.1, 0.15) is 5.25 Å². The molecule has 4 nitrogen and oxygen atoms in total. The summed E-state index contributed by atoms with van der Waals surface area (Å²) in [5.74, 6) is -0.520. The monoisotopic (exact) mass is 349 g/mol. The highest BCUT2D eigenvalue weighted by atomic mass is 35.5. The van der Waals surface area contributed by atoms with Crippen LogP contribution in [0.3, 0.4) is 0 Å². The van der Waals surface area contributed by atoms with Gasteiger partial charge in [0.2, 0.25) is 5.91 Å². The Hall–Kier alpha value is -0.590. The van der Waals surface area contributed by atoms with Crippen molar-refractivity contribution in [3.63, 3.8) is 0 Å². The van der Waals surface area contributed by atoms with Crippen molar-refractivity contribution in [1.29, 1.82) is 0 Å². The van der Waals surface area contributed by atoms with E-state index in [0.717, 1.165) is 25.7 Å². The van der Waals surface area contributed by atoms with E-state index in [0.29, 0.717) is 9.21 Å². The Morgan fingerprint density at radius 2 is 2.05 bits per heavy atom. The summed E-state index contributed by atoms with van der Waals surface area (Å²) in [6.07, 6.45) is 5.27. The third-order valence-electron chi connectivity index (χ3n) is 3.83. The number of rotatable bonds is 5. The summed E-state index contributed by atoms with van der Waals surface area (Å²) < 4.78 is 25.1. The second-order valence-corrected chi connectivity index (χ2v) is 9.62. The quantitative estimate of drug-likeness (QED) is 0.888. The van der Waals surface area contributed by atoms with Crippen LogP contribution in [0.25, 0.3) is 0 Å². The highest BCUT2D eigenvalue weighted by Crippen LogP contribution is 2.24. The minimum Gasteiger partial charge on any atom is -0.352 e. The lowest BCUT2D eigenvalue weighted by molar-refractivity contribution is -0.121. The number of amides is 1. The van der Waals surface area contributed by atoms with Crippen molar-refractivity contribution < 1.29 is 13.2 Å². The maximum Gasteiger partial charge on any atom is 0.238 e. The van der Waals surface area contributed by atoms with Crippen LogP contribution in [0.4, 0.5) is 0 Å². The second kappa shape index (κ2) is 7.11. The van der Waals surface area contributed by atoms with Crippen LogP contribution >= 0.6 is 22.9 Å². The van der Waals surface area contributed by atoms with E-state index in [9.17, 15) is 13.2 Å². The molecule has 0 aromatic carbocycles. The van der Waals surface area contributed by atoms with Gasteiger partial charge in [0, 0.05) is 10.9 Å². The van der Waals surface area contributed by atoms with Crippen molar-refractivity contribution in [3.8, 4) is 0 Å². The van der Waals surface area contributed by atoms with Crippen molar-refractivity contribution >= 4 is 38.7 Å². The van der Waals surface area contributed by atoms with Gasteiger partial charge in [0.25, 0.3) is 0 Å². The number of halogens is 1. The maximum absolute atomic E-state index is 12.3. The third kappa shape index (κ3) is 4.69. The van der Waals surface area contributed by atoms with Gasteiger partial charge in [-0.3, -0.25) is 4.79 Å². The molecule has 1 saturated carbocycles. The Labute approximate surface area is 134 Å². The second-order valence-electron chi connectivity index (χ2n) is 5.50. The first-order valence-corrected chi connectivity index (χ1v) is 10.1. The summed E-state index contributed by atoms with van der Waals surface area (Å²) in [5.41, 5.74) is 0. The van der Waals surface area contributed by atoms with Gasteiger partial charge in [0.15, 0.2) is 9.84 Å². The van der Waals surface area contributed by atoms with Crippen molar-refractivity contribution in [1.82, 2.24) is 5.32 Å². The van der Waals surface area contributed by atoms with Gasteiger partial charge in [-0.15, -0.1) is 11.3 Å². The number of hydrogen-bond acceptors (Lipinski definition) is 4. The average molecular weight is 350 g/mol. The molecule has 0 aliphatic heterocycles. The molecule has 1 N–H and O–H groups in total. The van der Waals surface area contributed by atoms with Crippen LogP contribution in [0.5, 0.6) is 0 Å². The molecular formula is C14H20ClNO3S2. The molecule has 118 valence electrons. The van der Waals surface area contributed by atoms with E-state index in [1.807, 2.05) is 0 Å². The Balaban J connectivity index is 1.96. The molecule has 2 rings (SSSR count). The third-order valence-corrected chi connectivity index (χ3v) is 7.25. The molecule has 1 aliphatic rings. The zero-order chi connectivity index (χ0) is 15.5. The van der Waals surface area contributed by atoms with Gasteiger partial charge in [-0.05, 0) is 31.9 Å². The van der Waals surface area contributed by atoms with Gasteiger partial charge in [0.05, 0.1) is 10.1 Å². The Bertz CT molecular complexity index is 591. The molecule has 1 atom stereocenters. The van der Waals surface area contributed by atoms with Gasteiger partial charge in [-0.25, -0.2) is 8.42 Å². The summed E-state index contributed by atoms with van der Waals surface area (Å²) in [7, 11) is -3.51. The zero-order valence-corrected chi connectivity index (χ0v) is 14.4. The van der Waals surface area contributed by atoms with E-state index in [-0.39, 0.29) is 17.7 Å². The minimum atomic E-state index is -3.51. The summed E-state index contributed by atoms with van der Waals surface area (Å²) in [6, 6.07) is 3.49. The standard InChI is InChI=1S/C14H20ClNO3S2/c1-10(14(17)16-11-5-3-2-4-6-11)21(18,19)9-12-7-8-13(15)20-12/h7-8,10-11H,2-6,9H2,1H3,(H,16,17)/t10-/m0/s1. The lowest BCUT2D eigenvalue weighted by Gasteiger charge is -2.24. The van der Waals surface area contributed by atoms with Crippen molar-refractivity contribution in [3.05, 3.63) is 21.3 Å². The van der Waals surface area contributed by atoms with E-state index >= 15 is 0 Å². The molecule has 0 unspecified atom stereocenters. The molecule has 1 aliphatic carbocycles. The largest absolute Gasteiger partial charge is 0.352 e. The molecule has 1 aromatic rings. The molecule has 7 heteroatoms. The lowest BCUT2D eigenvalue weighted by atomic mass is 9.95. The first kappa shape index (κ1) is 16.8. The van der Waals surface area contributed by atoms with Crippen LogP contribution in [-0.4, -0.2) is 25.6 Å². The molecule has 1 fully saturated rings. The van der Waals surface area contributed by atoms with Gasteiger partial charge >= 0.3 is 0 Å². The summed E-state index contributed by atoms with van der Waals surface area (Å²) in [6.45, 7) is 1.46. The zero-order valence-electron chi connectivity index (χ0n) is 12.0. The molecule has 21 heavy (non-hydrogen) atoms. The summed E-state index contributed by atoms with van der Waals surface area (Å²) >= 11 is 7.04. The van der Waals surface area contributed by atoms with Crippen molar-refractivity contribution in [2.24, 2.45) is 0 Å². The van der Waals surface area contributed by atoms with Crippen LogP contribution < -0.4 is 5.32 Å². The Morgan fingerprint density at radius 1 is 1.38 bits per heavy atom. The fraction of sp³-hybridized carbons (Fsp3) is 0.643. The van der Waals surface area contributed by atoms with E-state index in [2.05, 4.69) is 5.32 Å². The van der Waals surface area contributed by atoms with Crippen LogP contribution in [0, 0.1) is 0 Å². The fourth-order valence-electron chi connectivity index (χ4n) is 2.48. The van der Waals surface area contributed by atoms with Crippen LogP contribution in [-0.2, 0) is 20.4 Å². The van der Waals surface area contributed by atoms with E-state index in [4.69, 9.17) is 11.6 Å². The normalized spacial score (nSPS) is 18.4. The molecule has 0 radical (unpaired) electrons. The number of nitrogens with one attached hydrogen (secondary N) is 1. The molecule has 1 heterocycles. The predicted octanol–water partition coefficient (Wildman–Crippen LogP) is 3.15. The highest BCUT2D eigenvalue weighted by Gasteiger charge is 2.30. The molecule has 0 saturated heterocycles. The molecule has 0 bridgehead atoms. The first-order chi connectivity index (χ1) is 9.88. The number of carbonyl (C=O) groups is 1. The summed E-state index contributed by atoms with van der Waals surface area (Å²) in [4.78, 5) is 12.8. The van der Waals surface area contributed by atoms with Gasteiger partial charge in [-0.1, -0.05) is 30.9 Å². The number of sulfone groups is 1. The van der Waals surface area contributed by atoms with Crippen molar-refractivity contribution in [2.45, 2.75) is 56.1 Å². The SMILES string of the molecule is C[C@@H](C(=O)NC1CCCCC1)S(=O)(=O)Cc1ccc(Cl)s1. The van der Waals surface area contributed by atoms with Crippen molar-refractivity contribution in [2.75, 3.05) is 0 Å². The number of thiophene rings is 1. The smallest absolute Gasteiger partial charge is 0.238 e. The number of carbonyl (C=O) groups excluding carboxylic acids is 1. The summed E-state index contributed by atoms with van der Waals surface area (Å²) in [5, 5.41) is 1.85. The van der Waals surface area contributed by atoms with E-state index in [1.54, 1.807) is 12.1 Å². The molecular weight excluding hydrogens is 330 g/mol. The molecule has 1 amide bonds. The van der Waals surface area contributed by atoms with E-state index in [1.165, 1.54) is 24.7 Å². The number of hydrogen-bond donors (Lipinski definition) is 1. The fourth-order valence-corrected chi connectivity index (χ4v) is 5.23. The minimum absolute atomic E-state index is 0.125. The molecule has 0 spiro atoms. The van der Waals surface area contributed by atoms with E-state index < -0.39 is 15.1 Å². The maximum atomic E-state index is 12.3. The highest BCUT2D eigenvalue weighted by molar-refractivity contribution is 7.92.